The number of carbonyl (C=O) groups excluding carboxylic acids is 1. The molecule has 0 bridgehead atoms. The third kappa shape index (κ3) is 5.00. The first kappa shape index (κ1) is 22.9. The van der Waals surface area contributed by atoms with E-state index in [2.05, 4.69) is 20.3 Å². The van der Waals surface area contributed by atoms with Crippen molar-refractivity contribution in [2.75, 3.05) is 38.6 Å². The number of hydrogen-bond acceptors (Lipinski definition) is 7. The fourth-order valence-electron chi connectivity index (χ4n) is 3.94. The Morgan fingerprint density at radius 1 is 1.11 bits per heavy atom. The van der Waals surface area contributed by atoms with Gasteiger partial charge in [0.05, 0.1) is 18.4 Å². The highest BCUT2D eigenvalue weighted by Gasteiger charge is 2.22. The van der Waals surface area contributed by atoms with E-state index in [1.54, 1.807) is 12.0 Å². The third-order valence-corrected chi connectivity index (χ3v) is 6.72. The molecular formula is C24H23FN6O3S. The number of urea groups is 1. The van der Waals surface area contributed by atoms with Crippen LogP contribution in [-0.2, 0) is 6.54 Å². The summed E-state index contributed by atoms with van der Waals surface area (Å²) in [5.74, 6) is 0.332. The zero-order valence-electron chi connectivity index (χ0n) is 19.0. The molecule has 2 amide bonds. The molecule has 2 aromatic carbocycles. The van der Waals surface area contributed by atoms with Gasteiger partial charge in [-0.3, -0.25) is 9.69 Å². The van der Waals surface area contributed by atoms with E-state index in [4.69, 9.17) is 4.74 Å². The molecule has 1 aliphatic rings. The van der Waals surface area contributed by atoms with Gasteiger partial charge in [0, 0.05) is 44.5 Å². The molecule has 0 radical (unpaired) electrons. The molecule has 11 heteroatoms. The zero-order valence-corrected chi connectivity index (χ0v) is 19.8. The molecule has 0 spiro atoms. The molecule has 1 N–H and O–H groups in total. The van der Waals surface area contributed by atoms with Crippen molar-refractivity contribution in [3.63, 3.8) is 0 Å². The van der Waals surface area contributed by atoms with Gasteiger partial charge in [0.2, 0.25) is 4.96 Å². The summed E-state index contributed by atoms with van der Waals surface area (Å²) in [7, 11) is 1.60. The van der Waals surface area contributed by atoms with Crippen LogP contribution in [0.3, 0.4) is 0 Å². The number of nitrogens with one attached hydrogen (secondary N) is 1. The second kappa shape index (κ2) is 9.80. The van der Waals surface area contributed by atoms with Crippen molar-refractivity contribution in [2.24, 2.45) is 0 Å². The Morgan fingerprint density at radius 3 is 2.60 bits per heavy atom. The molecule has 35 heavy (non-hydrogen) atoms. The van der Waals surface area contributed by atoms with Crippen LogP contribution >= 0.6 is 11.3 Å². The Morgan fingerprint density at radius 2 is 1.86 bits per heavy atom. The van der Waals surface area contributed by atoms with Gasteiger partial charge in [-0.15, -0.1) is 0 Å². The number of fused-ring (bicyclic) bond motifs is 1. The van der Waals surface area contributed by atoms with Crippen LogP contribution in [0.5, 0.6) is 5.75 Å². The van der Waals surface area contributed by atoms with Crippen molar-refractivity contribution in [2.45, 2.75) is 6.54 Å². The topological polar surface area (TPSA) is 92.1 Å². The minimum absolute atomic E-state index is 0.220. The molecule has 9 nitrogen and oxygen atoms in total. The Labute approximate surface area is 204 Å². The predicted molar refractivity (Wildman–Crippen MR) is 131 cm³/mol. The van der Waals surface area contributed by atoms with Gasteiger partial charge >= 0.3 is 6.03 Å². The highest BCUT2D eigenvalue weighted by Crippen LogP contribution is 2.32. The number of para-hydroxylation sites is 1. The summed E-state index contributed by atoms with van der Waals surface area (Å²) in [5.41, 5.74) is 1.78. The number of piperazine rings is 1. The maximum Gasteiger partial charge on any atom is 0.321 e. The second-order valence-electron chi connectivity index (χ2n) is 8.09. The number of ether oxygens (including phenoxy) is 1. The predicted octanol–water partition coefficient (Wildman–Crippen LogP) is 3.32. The van der Waals surface area contributed by atoms with Crippen LogP contribution in [0.15, 0.2) is 59.4 Å². The maximum absolute atomic E-state index is 13.1. The van der Waals surface area contributed by atoms with Crippen LogP contribution in [0.1, 0.15) is 5.69 Å². The van der Waals surface area contributed by atoms with Crippen molar-refractivity contribution in [3.8, 4) is 16.3 Å². The van der Waals surface area contributed by atoms with E-state index in [0.717, 1.165) is 5.56 Å². The molecule has 1 saturated heterocycles. The smallest absolute Gasteiger partial charge is 0.321 e. The molecule has 0 saturated carbocycles. The Bertz CT molecular complexity index is 1410. The van der Waals surface area contributed by atoms with Crippen molar-refractivity contribution in [1.82, 2.24) is 24.4 Å². The zero-order chi connectivity index (χ0) is 24.4. The highest BCUT2D eigenvalue weighted by molar-refractivity contribution is 7.19. The molecular weight excluding hydrogens is 471 g/mol. The van der Waals surface area contributed by atoms with Crippen LogP contribution < -0.4 is 15.6 Å². The summed E-state index contributed by atoms with van der Waals surface area (Å²) in [5, 5.41) is 7.89. The van der Waals surface area contributed by atoms with E-state index >= 15 is 0 Å². The van der Waals surface area contributed by atoms with Crippen LogP contribution in [0, 0.1) is 5.82 Å². The average Bonchev–Trinajstić information content (AvgIpc) is 3.30. The first-order chi connectivity index (χ1) is 17.0. The summed E-state index contributed by atoms with van der Waals surface area (Å²) in [6.45, 7) is 2.86. The lowest BCUT2D eigenvalue weighted by atomic mass is 10.2. The monoisotopic (exact) mass is 494 g/mol. The molecule has 3 heterocycles. The molecule has 5 rings (SSSR count). The second-order valence-corrected chi connectivity index (χ2v) is 9.04. The lowest BCUT2D eigenvalue weighted by Gasteiger charge is -2.34. The number of rotatable bonds is 5. The minimum atomic E-state index is -0.350. The highest BCUT2D eigenvalue weighted by atomic mass is 32.1. The molecule has 0 aliphatic carbocycles. The first-order valence-electron chi connectivity index (χ1n) is 11.1. The largest absolute Gasteiger partial charge is 0.496 e. The van der Waals surface area contributed by atoms with Gasteiger partial charge in [-0.1, -0.05) is 23.5 Å². The minimum Gasteiger partial charge on any atom is -0.496 e. The number of carbonyl (C=O) groups is 1. The summed E-state index contributed by atoms with van der Waals surface area (Å²) in [4.78, 5) is 34.3. The SMILES string of the molecule is COc1ccccc1-c1nn2c(=O)cc(CN3CCN(C(=O)Nc4ccc(F)cc4)CC3)nc2s1. The Balaban J connectivity index is 1.24. The van der Waals surface area contributed by atoms with Crippen LogP contribution in [0.2, 0.25) is 0 Å². The molecule has 1 fully saturated rings. The number of aromatic nitrogens is 3. The van der Waals surface area contributed by atoms with Gasteiger partial charge in [0.25, 0.3) is 5.56 Å². The lowest BCUT2D eigenvalue weighted by Crippen LogP contribution is -2.49. The van der Waals surface area contributed by atoms with Gasteiger partial charge in [-0.05, 0) is 36.4 Å². The number of amides is 2. The quantitative estimate of drug-likeness (QED) is 0.458. The lowest BCUT2D eigenvalue weighted by molar-refractivity contribution is 0.142. The Kier molecular flexibility index (Phi) is 6.43. The number of benzene rings is 2. The summed E-state index contributed by atoms with van der Waals surface area (Å²) >= 11 is 1.33. The first-order valence-corrected chi connectivity index (χ1v) is 11.9. The Hall–Kier alpha value is -3.83. The van der Waals surface area contributed by atoms with Crippen molar-refractivity contribution in [3.05, 3.63) is 76.5 Å². The number of hydrogen-bond donors (Lipinski definition) is 1. The molecule has 4 aromatic rings. The van der Waals surface area contributed by atoms with E-state index in [1.807, 2.05) is 24.3 Å². The van der Waals surface area contributed by atoms with Crippen LogP contribution in [0.4, 0.5) is 14.9 Å². The fraction of sp³-hybridized carbons (Fsp3) is 0.250. The molecule has 180 valence electrons. The molecule has 0 atom stereocenters. The van der Waals surface area contributed by atoms with Gasteiger partial charge in [-0.25, -0.2) is 14.2 Å². The standard InChI is InChI=1S/C24H23FN6O3S/c1-34-20-5-3-2-4-19(20)22-28-31-21(32)14-18(27-24(31)35-22)15-29-10-12-30(13-11-29)23(33)26-17-8-6-16(25)7-9-17/h2-9,14H,10-13,15H2,1H3,(H,26,33). The molecule has 0 unspecified atom stereocenters. The van der Waals surface area contributed by atoms with Crippen LogP contribution in [0.25, 0.3) is 15.5 Å². The van der Waals surface area contributed by atoms with E-state index in [9.17, 15) is 14.0 Å². The summed E-state index contributed by atoms with van der Waals surface area (Å²) in [6.07, 6.45) is 0. The van der Waals surface area contributed by atoms with E-state index < -0.39 is 0 Å². The molecule has 1 aliphatic heterocycles. The van der Waals surface area contributed by atoms with E-state index in [0.29, 0.717) is 59.8 Å². The third-order valence-electron chi connectivity index (χ3n) is 5.78. The number of halogens is 1. The van der Waals surface area contributed by atoms with Gasteiger partial charge in [0.1, 0.15) is 11.6 Å². The molecule has 2 aromatic heterocycles. The normalized spacial score (nSPS) is 14.3. The van der Waals surface area contributed by atoms with Crippen molar-refractivity contribution < 1.29 is 13.9 Å². The van der Waals surface area contributed by atoms with Gasteiger partial charge in [0.15, 0.2) is 5.01 Å². The number of nitrogens with zero attached hydrogens (tertiary/aromatic N) is 5. The summed E-state index contributed by atoms with van der Waals surface area (Å²) < 4.78 is 19.8. The average molecular weight is 495 g/mol. The fourth-order valence-corrected chi connectivity index (χ4v) is 4.90. The number of methoxy groups -OCH3 is 1. The van der Waals surface area contributed by atoms with E-state index in [1.165, 1.54) is 46.2 Å². The maximum atomic E-state index is 13.1. The van der Waals surface area contributed by atoms with Crippen molar-refractivity contribution >= 4 is 28.0 Å². The van der Waals surface area contributed by atoms with Crippen LogP contribution in [-0.4, -0.2) is 63.7 Å². The van der Waals surface area contributed by atoms with Gasteiger partial charge in [-0.2, -0.15) is 9.61 Å². The van der Waals surface area contributed by atoms with E-state index in [-0.39, 0.29) is 17.4 Å². The van der Waals surface area contributed by atoms with Gasteiger partial charge < -0.3 is 15.0 Å². The summed E-state index contributed by atoms with van der Waals surface area (Å²) in [6, 6.07) is 14.5. The van der Waals surface area contributed by atoms with Crippen molar-refractivity contribution in [1.29, 1.82) is 0 Å². The number of anilines is 1.